The molecular weight excluding hydrogens is 286 g/mol. The normalized spacial score (nSPS) is 11.0. The number of alkyl halides is 1. The Labute approximate surface area is 124 Å². The van der Waals surface area contributed by atoms with Gasteiger partial charge in [-0.3, -0.25) is 0 Å². The molecule has 0 fully saturated rings. The second-order valence-electron chi connectivity index (χ2n) is 5.33. The van der Waals surface area contributed by atoms with E-state index in [2.05, 4.69) is 28.2 Å². The Balaban J connectivity index is 2.86. The van der Waals surface area contributed by atoms with E-state index in [1.807, 2.05) is 0 Å². The molecule has 0 aromatic carbocycles. The lowest BCUT2D eigenvalue weighted by Crippen LogP contribution is -2.16. The molecule has 18 heavy (non-hydrogen) atoms. The Hall–Kier alpha value is 0.440. The van der Waals surface area contributed by atoms with Crippen LogP contribution in [0.4, 0.5) is 0 Å². The fraction of sp³-hybridized carbons (Fsp3) is 1.00. The molecule has 0 unspecified atom stereocenters. The summed E-state index contributed by atoms with van der Waals surface area (Å²) >= 11 is 3.45. The number of nitrogens with one attached hydrogen (secondary N) is 1. The lowest BCUT2D eigenvalue weighted by Gasteiger charge is -2.04. The van der Waals surface area contributed by atoms with Crippen molar-refractivity contribution >= 4 is 15.9 Å². The van der Waals surface area contributed by atoms with Gasteiger partial charge in [-0.2, -0.15) is 0 Å². The minimum atomic E-state index is 1.12. The van der Waals surface area contributed by atoms with Gasteiger partial charge in [-0.25, -0.2) is 0 Å². The molecule has 0 saturated carbocycles. The van der Waals surface area contributed by atoms with E-state index in [0.29, 0.717) is 0 Å². The van der Waals surface area contributed by atoms with E-state index in [9.17, 15) is 0 Å². The van der Waals surface area contributed by atoms with Crippen molar-refractivity contribution in [2.24, 2.45) is 0 Å². The molecule has 0 aromatic heterocycles. The van der Waals surface area contributed by atoms with E-state index < -0.39 is 0 Å². The second kappa shape index (κ2) is 17.4. The molecule has 0 aliphatic carbocycles. The number of halogens is 1. The zero-order valence-corrected chi connectivity index (χ0v) is 14.1. The van der Waals surface area contributed by atoms with Crippen LogP contribution in [0.2, 0.25) is 0 Å². The minimum absolute atomic E-state index is 1.12. The summed E-state index contributed by atoms with van der Waals surface area (Å²) in [7, 11) is 0. The molecule has 0 rings (SSSR count). The Morgan fingerprint density at radius 3 is 1.56 bits per heavy atom. The van der Waals surface area contributed by atoms with Gasteiger partial charge in [0.25, 0.3) is 0 Å². The highest BCUT2D eigenvalue weighted by molar-refractivity contribution is 9.09. The Kier molecular flexibility index (Phi) is 17.9. The minimum Gasteiger partial charge on any atom is -0.317 e. The van der Waals surface area contributed by atoms with Crippen molar-refractivity contribution in [1.29, 1.82) is 0 Å². The monoisotopic (exact) mass is 319 g/mol. The number of rotatable bonds is 15. The Morgan fingerprint density at radius 1 is 0.611 bits per heavy atom. The quantitative estimate of drug-likeness (QED) is 0.303. The van der Waals surface area contributed by atoms with Crippen LogP contribution in [0.5, 0.6) is 0 Å². The highest BCUT2D eigenvalue weighted by Crippen LogP contribution is 2.10. The molecule has 0 saturated heterocycles. The molecule has 0 atom stereocenters. The molecule has 0 amide bonds. The number of hydrogen-bond donors (Lipinski definition) is 1. The molecule has 2 heteroatoms. The first-order chi connectivity index (χ1) is 8.91. The maximum Gasteiger partial charge on any atom is 0.00433 e. The molecule has 0 spiro atoms. The topological polar surface area (TPSA) is 12.0 Å². The van der Waals surface area contributed by atoms with Crippen molar-refractivity contribution < 1.29 is 0 Å². The summed E-state index contributed by atoms with van der Waals surface area (Å²) in [4.78, 5) is 0. The average Bonchev–Trinajstić information content (AvgIpc) is 2.39. The van der Waals surface area contributed by atoms with Crippen LogP contribution < -0.4 is 5.32 Å². The summed E-state index contributed by atoms with van der Waals surface area (Å²) in [6, 6.07) is 0. The fourth-order valence-corrected chi connectivity index (χ4v) is 2.51. The summed E-state index contributed by atoms with van der Waals surface area (Å²) < 4.78 is 0. The molecule has 0 aromatic rings. The Morgan fingerprint density at radius 2 is 1.06 bits per heavy atom. The van der Waals surface area contributed by atoms with Crippen LogP contribution in [0.3, 0.4) is 0 Å². The molecule has 1 N–H and O–H groups in total. The van der Waals surface area contributed by atoms with E-state index >= 15 is 0 Å². The summed E-state index contributed by atoms with van der Waals surface area (Å²) in [5.41, 5.74) is 0. The molecule has 0 aliphatic heterocycles. The van der Waals surface area contributed by atoms with Gasteiger partial charge in [-0.05, 0) is 25.9 Å². The molecule has 110 valence electrons. The lowest BCUT2D eigenvalue weighted by atomic mass is 10.1. The van der Waals surface area contributed by atoms with Crippen LogP contribution in [0.15, 0.2) is 0 Å². The van der Waals surface area contributed by atoms with Crippen LogP contribution in [0.25, 0.3) is 0 Å². The van der Waals surface area contributed by atoms with Gasteiger partial charge >= 0.3 is 0 Å². The standard InChI is InChI=1S/C16H34BrN/c1-2-3-4-5-6-7-8-9-10-11-12-15-18-16-13-14-17/h18H,2-16H2,1H3. The molecule has 0 bridgehead atoms. The third kappa shape index (κ3) is 16.4. The van der Waals surface area contributed by atoms with E-state index in [4.69, 9.17) is 0 Å². The van der Waals surface area contributed by atoms with Crippen molar-refractivity contribution in [2.75, 3.05) is 18.4 Å². The van der Waals surface area contributed by atoms with Crippen LogP contribution in [-0.4, -0.2) is 18.4 Å². The maximum atomic E-state index is 3.49. The van der Waals surface area contributed by atoms with E-state index in [1.165, 1.54) is 90.1 Å². The SMILES string of the molecule is CCCCCCCCCCCCCNCCCBr. The second-order valence-corrected chi connectivity index (χ2v) is 6.12. The molecule has 0 aliphatic rings. The van der Waals surface area contributed by atoms with Crippen LogP contribution >= 0.6 is 15.9 Å². The third-order valence-corrected chi connectivity index (χ3v) is 4.01. The van der Waals surface area contributed by atoms with Gasteiger partial charge in [0.2, 0.25) is 0 Å². The van der Waals surface area contributed by atoms with Gasteiger partial charge in [0.05, 0.1) is 0 Å². The van der Waals surface area contributed by atoms with E-state index in [0.717, 1.165) is 5.33 Å². The average molecular weight is 320 g/mol. The lowest BCUT2D eigenvalue weighted by molar-refractivity contribution is 0.539. The predicted molar refractivity (Wildman–Crippen MR) is 87.7 cm³/mol. The summed E-state index contributed by atoms with van der Waals surface area (Å²) in [6.07, 6.45) is 17.0. The van der Waals surface area contributed by atoms with Gasteiger partial charge < -0.3 is 5.32 Å². The maximum absolute atomic E-state index is 3.49. The van der Waals surface area contributed by atoms with Crippen molar-refractivity contribution in [3.8, 4) is 0 Å². The van der Waals surface area contributed by atoms with Crippen LogP contribution in [-0.2, 0) is 0 Å². The van der Waals surface area contributed by atoms with E-state index in [-0.39, 0.29) is 0 Å². The molecule has 0 radical (unpaired) electrons. The van der Waals surface area contributed by atoms with Crippen molar-refractivity contribution in [3.05, 3.63) is 0 Å². The molecule has 0 heterocycles. The van der Waals surface area contributed by atoms with Crippen molar-refractivity contribution in [3.63, 3.8) is 0 Å². The first-order valence-corrected chi connectivity index (χ1v) is 9.30. The van der Waals surface area contributed by atoms with Crippen molar-refractivity contribution in [2.45, 2.75) is 84.0 Å². The number of hydrogen-bond acceptors (Lipinski definition) is 1. The van der Waals surface area contributed by atoms with Crippen LogP contribution in [0.1, 0.15) is 84.0 Å². The summed E-state index contributed by atoms with van der Waals surface area (Å²) in [6.45, 7) is 4.67. The van der Waals surface area contributed by atoms with Gasteiger partial charge in [-0.15, -0.1) is 0 Å². The van der Waals surface area contributed by atoms with Gasteiger partial charge in [0, 0.05) is 5.33 Å². The Bertz CT molecular complexity index is 123. The first kappa shape index (κ1) is 18.4. The van der Waals surface area contributed by atoms with Gasteiger partial charge in [-0.1, -0.05) is 87.1 Å². The zero-order chi connectivity index (χ0) is 13.3. The smallest absolute Gasteiger partial charge is 0.00433 e. The largest absolute Gasteiger partial charge is 0.317 e. The van der Waals surface area contributed by atoms with E-state index in [1.54, 1.807) is 0 Å². The molecule has 1 nitrogen and oxygen atoms in total. The van der Waals surface area contributed by atoms with Gasteiger partial charge in [0.1, 0.15) is 0 Å². The molecular formula is C16H34BrN. The summed E-state index contributed by atoms with van der Waals surface area (Å²) in [5.74, 6) is 0. The van der Waals surface area contributed by atoms with Crippen molar-refractivity contribution in [1.82, 2.24) is 5.32 Å². The van der Waals surface area contributed by atoms with Gasteiger partial charge in [0.15, 0.2) is 0 Å². The highest BCUT2D eigenvalue weighted by atomic mass is 79.9. The fourth-order valence-electron chi connectivity index (χ4n) is 2.23. The third-order valence-electron chi connectivity index (χ3n) is 3.44. The zero-order valence-electron chi connectivity index (χ0n) is 12.5. The predicted octanol–water partition coefficient (Wildman–Crippen LogP) is 5.67. The van der Waals surface area contributed by atoms with Crippen LogP contribution in [0, 0.1) is 0 Å². The first-order valence-electron chi connectivity index (χ1n) is 8.18. The highest BCUT2D eigenvalue weighted by Gasteiger charge is 1.93. The summed E-state index contributed by atoms with van der Waals surface area (Å²) in [5, 5.41) is 4.61. The number of unbranched alkanes of at least 4 members (excludes halogenated alkanes) is 10.